The summed E-state index contributed by atoms with van der Waals surface area (Å²) in [6.07, 6.45) is 1.67. The number of hydrogen-bond acceptors (Lipinski definition) is 8. The van der Waals surface area contributed by atoms with Gasteiger partial charge in [-0.05, 0) is 72.4 Å². The molecule has 5 aromatic rings. The van der Waals surface area contributed by atoms with Gasteiger partial charge in [0.25, 0.3) is 12.0 Å². The van der Waals surface area contributed by atoms with Crippen LogP contribution in [0.1, 0.15) is 71.6 Å². The number of tetrazole rings is 1. The van der Waals surface area contributed by atoms with E-state index < -0.39 is 18.1 Å². The Labute approximate surface area is 298 Å². The number of hydrogen-bond donors (Lipinski definition) is 2. The van der Waals surface area contributed by atoms with Crippen molar-refractivity contribution in [3.05, 3.63) is 143 Å². The quantitative estimate of drug-likeness (QED) is 0.0892. The number of nitrogens with one attached hydrogen (secondary N) is 2. The number of amides is 2. The van der Waals surface area contributed by atoms with Crippen LogP contribution < -0.4 is 15.4 Å². The number of carbonyl (C=O) groups is 3. The number of carbonyl (C=O) groups excluding carboxylic acids is 3. The van der Waals surface area contributed by atoms with Crippen LogP contribution >= 0.6 is 0 Å². The summed E-state index contributed by atoms with van der Waals surface area (Å²) < 4.78 is 11.3. The summed E-state index contributed by atoms with van der Waals surface area (Å²) in [5.74, 6) is -0.666. The summed E-state index contributed by atoms with van der Waals surface area (Å²) in [7, 11) is 0. The van der Waals surface area contributed by atoms with E-state index in [4.69, 9.17) is 9.47 Å². The van der Waals surface area contributed by atoms with Crippen molar-refractivity contribution in [3.8, 4) is 5.75 Å². The van der Waals surface area contributed by atoms with E-state index in [1.807, 2.05) is 54.6 Å². The summed E-state index contributed by atoms with van der Waals surface area (Å²) in [6, 6.07) is 35.2. The van der Waals surface area contributed by atoms with Crippen molar-refractivity contribution in [2.24, 2.45) is 0 Å². The normalized spacial score (nSPS) is 12.7. The Hall–Kier alpha value is -5.84. The monoisotopic (exact) mass is 688 g/mol. The fourth-order valence-electron chi connectivity index (χ4n) is 5.54. The standard InChI is InChI=1S/C40H44N6O5/c1-3-50-40(49)36(37-43-45-46(44-37)28-29(2)32-18-9-5-10-19-32)51-34-24-22-31(23-25-34)27-35(42-38(47)33-20-11-6-12-21-33)39(48)41-26-14-13-17-30-15-7-4-8-16-30/h4-12,15-16,18-25,29,35-36H,3,13-14,17,26-28H2,1-2H3,(H,41,48)(H,42,47)/t29?,35-,36?/m0/s1. The SMILES string of the molecule is CCOC(=O)C(Oc1ccc(C[C@H](NC(=O)c2ccccc2)C(=O)NCCCCc2ccccc2)cc1)c1nnn(CC(C)c2ccccc2)n1. The summed E-state index contributed by atoms with van der Waals surface area (Å²) in [6.45, 7) is 4.89. The van der Waals surface area contributed by atoms with Crippen LogP contribution in [0.15, 0.2) is 115 Å². The molecule has 0 aliphatic rings. The molecule has 0 fully saturated rings. The lowest BCUT2D eigenvalue weighted by Gasteiger charge is -2.19. The molecule has 51 heavy (non-hydrogen) atoms. The molecule has 0 aliphatic carbocycles. The highest BCUT2D eigenvalue weighted by Gasteiger charge is 2.30. The van der Waals surface area contributed by atoms with Crippen molar-refractivity contribution in [1.29, 1.82) is 0 Å². The van der Waals surface area contributed by atoms with Crippen molar-refractivity contribution >= 4 is 17.8 Å². The maximum atomic E-state index is 13.4. The molecule has 0 saturated carbocycles. The molecule has 5 rings (SSSR count). The predicted octanol–water partition coefficient (Wildman–Crippen LogP) is 5.64. The van der Waals surface area contributed by atoms with Crippen LogP contribution in [0.5, 0.6) is 5.75 Å². The second-order valence-corrected chi connectivity index (χ2v) is 12.2. The van der Waals surface area contributed by atoms with E-state index in [0.717, 1.165) is 30.4 Å². The summed E-state index contributed by atoms with van der Waals surface area (Å²) in [5, 5.41) is 18.6. The Kier molecular flexibility index (Phi) is 13.4. The van der Waals surface area contributed by atoms with Crippen LogP contribution in [0.2, 0.25) is 0 Å². The van der Waals surface area contributed by atoms with Crippen molar-refractivity contribution < 1.29 is 23.9 Å². The van der Waals surface area contributed by atoms with Crippen molar-refractivity contribution in [2.45, 2.75) is 64.1 Å². The summed E-state index contributed by atoms with van der Waals surface area (Å²) >= 11 is 0. The number of aryl methyl sites for hydroxylation is 1. The molecule has 0 spiro atoms. The summed E-state index contributed by atoms with van der Waals surface area (Å²) in [4.78, 5) is 40.9. The highest BCUT2D eigenvalue weighted by molar-refractivity contribution is 5.97. The molecule has 2 amide bonds. The molecule has 0 radical (unpaired) electrons. The third-order valence-corrected chi connectivity index (χ3v) is 8.32. The van der Waals surface area contributed by atoms with Gasteiger partial charge in [-0.15, -0.1) is 10.2 Å². The molecule has 11 heteroatoms. The molecule has 0 saturated heterocycles. The van der Waals surface area contributed by atoms with Crippen molar-refractivity contribution in [1.82, 2.24) is 30.8 Å². The number of esters is 1. The molecular formula is C40H44N6O5. The van der Waals surface area contributed by atoms with Crippen LogP contribution in [0.4, 0.5) is 0 Å². The second-order valence-electron chi connectivity index (χ2n) is 12.2. The highest BCUT2D eigenvalue weighted by Crippen LogP contribution is 2.23. The Morgan fingerprint density at radius 1 is 0.804 bits per heavy atom. The van der Waals surface area contributed by atoms with Gasteiger partial charge < -0.3 is 20.1 Å². The number of rotatable bonds is 18. The first-order valence-electron chi connectivity index (χ1n) is 17.3. The maximum Gasteiger partial charge on any atom is 0.355 e. The van der Waals surface area contributed by atoms with Crippen molar-refractivity contribution in [2.75, 3.05) is 13.2 Å². The smallest absolute Gasteiger partial charge is 0.355 e. The zero-order valence-electron chi connectivity index (χ0n) is 29.0. The van der Waals surface area contributed by atoms with Gasteiger partial charge in [0.1, 0.15) is 11.8 Å². The van der Waals surface area contributed by atoms with Crippen molar-refractivity contribution in [3.63, 3.8) is 0 Å². The fourth-order valence-corrected chi connectivity index (χ4v) is 5.54. The molecule has 1 heterocycles. The van der Waals surface area contributed by atoms with Gasteiger partial charge in [-0.25, -0.2) is 4.79 Å². The van der Waals surface area contributed by atoms with Gasteiger partial charge in [-0.2, -0.15) is 4.80 Å². The zero-order chi connectivity index (χ0) is 35.8. The van der Waals surface area contributed by atoms with Gasteiger partial charge in [0.05, 0.1) is 13.2 Å². The van der Waals surface area contributed by atoms with Crippen LogP contribution in [-0.4, -0.2) is 57.2 Å². The van der Waals surface area contributed by atoms with Gasteiger partial charge in [-0.1, -0.05) is 97.9 Å². The Balaban J connectivity index is 1.23. The molecular weight excluding hydrogens is 644 g/mol. The van der Waals surface area contributed by atoms with Crippen LogP contribution in [0, 0.1) is 0 Å². The lowest BCUT2D eigenvalue weighted by Crippen LogP contribution is -2.48. The molecule has 2 unspecified atom stereocenters. The molecule has 2 N–H and O–H groups in total. The zero-order valence-corrected chi connectivity index (χ0v) is 29.0. The van der Waals surface area contributed by atoms with E-state index in [0.29, 0.717) is 24.4 Å². The topological polar surface area (TPSA) is 137 Å². The number of ether oxygens (including phenoxy) is 2. The van der Waals surface area contributed by atoms with Gasteiger partial charge in [-0.3, -0.25) is 9.59 Å². The van der Waals surface area contributed by atoms with E-state index in [2.05, 4.69) is 45.1 Å². The predicted molar refractivity (Wildman–Crippen MR) is 193 cm³/mol. The minimum Gasteiger partial charge on any atom is -0.470 e. The maximum absolute atomic E-state index is 13.4. The number of unbranched alkanes of at least 4 members (excludes halogenated alkanes) is 1. The molecule has 0 aliphatic heterocycles. The first-order valence-corrected chi connectivity index (χ1v) is 17.3. The number of aromatic nitrogens is 4. The van der Waals surface area contributed by atoms with E-state index in [9.17, 15) is 14.4 Å². The van der Waals surface area contributed by atoms with Gasteiger partial charge in [0, 0.05) is 24.4 Å². The molecule has 264 valence electrons. The lowest BCUT2D eigenvalue weighted by molar-refractivity contribution is -0.152. The third-order valence-electron chi connectivity index (χ3n) is 8.32. The average molecular weight is 689 g/mol. The molecule has 1 aromatic heterocycles. The Morgan fingerprint density at radius 3 is 2.16 bits per heavy atom. The second kappa shape index (κ2) is 18.8. The molecule has 3 atom stereocenters. The minimum atomic E-state index is -1.23. The third kappa shape index (κ3) is 11.1. The molecule has 0 bridgehead atoms. The highest BCUT2D eigenvalue weighted by atomic mass is 16.6. The van der Waals surface area contributed by atoms with E-state index >= 15 is 0 Å². The van der Waals surface area contributed by atoms with Crippen LogP contribution in [0.25, 0.3) is 0 Å². The summed E-state index contributed by atoms with van der Waals surface area (Å²) in [5.41, 5.74) is 3.64. The van der Waals surface area contributed by atoms with E-state index in [-0.39, 0.29) is 36.6 Å². The first-order chi connectivity index (χ1) is 24.9. The van der Waals surface area contributed by atoms with E-state index in [1.54, 1.807) is 55.5 Å². The number of benzene rings is 4. The lowest BCUT2D eigenvalue weighted by atomic mass is 10.0. The van der Waals surface area contributed by atoms with Gasteiger partial charge in [0.15, 0.2) is 0 Å². The minimum absolute atomic E-state index is 0.0851. The van der Waals surface area contributed by atoms with Gasteiger partial charge in [0.2, 0.25) is 11.7 Å². The number of nitrogens with zero attached hydrogens (tertiary/aromatic N) is 4. The van der Waals surface area contributed by atoms with E-state index in [1.165, 1.54) is 10.4 Å². The average Bonchev–Trinajstić information content (AvgIpc) is 3.63. The molecule has 4 aromatic carbocycles. The fraction of sp³-hybridized carbons (Fsp3) is 0.300. The van der Waals surface area contributed by atoms with Crippen LogP contribution in [-0.2, 0) is 33.7 Å². The van der Waals surface area contributed by atoms with Gasteiger partial charge >= 0.3 is 5.97 Å². The van der Waals surface area contributed by atoms with Crippen LogP contribution in [0.3, 0.4) is 0 Å². The largest absolute Gasteiger partial charge is 0.470 e. The Morgan fingerprint density at radius 2 is 1.47 bits per heavy atom. The Bertz CT molecular complexity index is 1820. The first kappa shape index (κ1) is 36.4. The molecule has 11 nitrogen and oxygen atoms in total.